The van der Waals surface area contributed by atoms with Crippen LogP contribution in [0.25, 0.3) is 0 Å². The molecule has 0 aliphatic rings. The molecule has 0 aliphatic heterocycles. The molecule has 6 heteroatoms. The molecule has 88 valence electrons. The van der Waals surface area contributed by atoms with Crippen molar-refractivity contribution in [2.45, 2.75) is 0 Å². The Balaban J connectivity index is 2.51. The van der Waals surface area contributed by atoms with Gasteiger partial charge in [-0.25, -0.2) is 0 Å². The van der Waals surface area contributed by atoms with Gasteiger partial charge in [-0.05, 0) is 28.1 Å². The topological polar surface area (TPSA) is 57.0 Å². The van der Waals surface area contributed by atoms with Crippen molar-refractivity contribution in [1.29, 1.82) is 0 Å². The van der Waals surface area contributed by atoms with Gasteiger partial charge in [-0.3, -0.25) is 14.5 Å². The SMILES string of the molecule is COc1cnn(C)c1C(=O)c1ncccc1Br. The van der Waals surface area contributed by atoms with E-state index in [2.05, 4.69) is 26.0 Å². The second-order valence-electron chi connectivity index (χ2n) is 3.35. The van der Waals surface area contributed by atoms with Gasteiger partial charge in [0.15, 0.2) is 11.4 Å². The van der Waals surface area contributed by atoms with E-state index in [9.17, 15) is 4.79 Å². The third-order valence-electron chi connectivity index (χ3n) is 2.31. The maximum Gasteiger partial charge on any atom is 0.234 e. The normalized spacial score (nSPS) is 10.3. The largest absolute Gasteiger partial charge is 0.493 e. The molecule has 2 rings (SSSR count). The Bertz CT molecular complexity index is 566. The van der Waals surface area contributed by atoms with Crippen LogP contribution in [0.3, 0.4) is 0 Å². The van der Waals surface area contributed by atoms with E-state index in [-0.39, 0.29) is 5.78 Å². The highest BCUT2D eigenvalue weighted by atomic mass is 79.9. The minimum Gasteiger partial charge on any atom is -0.493 e. The highest BCUT2D eigenvalue weighted by molar-refractivity contribution is 9.10. The zero-order chi connectivity index (χ0) is 12.4. The first kappa shape index (κ1) is 11.8. The monoisotopic (exact) mass is 295 g/mol. The van der Waals surface area contributed by atoms with Gasteiger partial charge in [0.2, 0.25) is 5.78 Å². The van der Waals surface area contributed by atoms with E-state index in [1.807, 2.05) is 0 Å². The summed E-state index contributed by atoms with van der Waals surface area (Å²) in [7, 11) is 3.19. The predicted molar refractivity (Wildman–Crippen MR) is 65.1 cm³/mol. The average Bonchev–Trinajstić information content (AvgIpc) is 2.70. The molecule has 2 heterocycles. The Morgan fingerprint density at radius 3 is 2.94 bits per heavy atom. The highest BCUT2D eigenvalue weighted by Gasteiger charge is 2.22. The van der Waals surface area contributed by atoms with Crippen LogP contribution in [-0.4, -0.2) is 27.7 Å². The molecule has 0 aliphatic carbocycles. The zero-order valence-corrected chi connectivity index (χ0v) is 10.9. The number of hydrogen-bond acceptors (Lipinski definition) is 4. The van der Waals surface area contributed by atoms with Crippen molar-refractivity contribution in [3.63, 3.8) is 0 Å². The van der Waals surface area contributed by atoms with Gasteiger partial charge in [0.05, 0.1) is 13.3 Å². The summed E-state index contributed by atoms with van der Waals surface area (Å²) in [4.78, 5) is 16.4. The molecule has 17 heavy (non-hydrogen) atoms. The van der Waals surface area contributed by atoms with Gasteiger partial charge < -0.3 is 4.74 Å². The van der Waals surface area contributed by atoms with Crippen LogP contribution in [0, 0.1) is 0 Å². The molecule has 0 N–H and O–H groups in total. The summed E-state index contributed by atoms with van der Waals surface area (Å²) in [5.41, 5.74) is 0.723. The lowest BCUT2D eigenvalue weighted by Crippen LogP contribution is -2.11. The Labute approximate surface area is 107 Å². The molecule has 2 aromatic heterocycles. The van der Waals surface area contributed by atoms with Crippen molar-refractivity contribution < 1.29 is 9.53 Å². The van der Waals surface area contributed by atoms with Crippen LogP contribution in [0.5, 0.6) is 5.75 Å². The summed E-state index contributed by atoms with van der Waals surface area (Å²) in [5.74, 6) is 0.212. The van der Waals surface area contributed by atoms with Crippen LogP contribution in [0.4, 0.5) is 0 Å². The van der Waals surface area contributed by atoms with Crippen molar-refractivity contribution in [2.24, 2.45) is 7.05 Å². The number of carbonyl (C=O) groups excluding carboxylic acids is 1. The first-order chi connectivity index (χ1) is 8.15. The lowest BCUT2D eigenvalue weighted by molar-refractivity contribution is 0.102. The van der Waals surface area contributed by atoms with Gasteiger partial charge >= 0.3 is 0 Å². The summed E-state index contributed by atoms with van der Waals surface area (Å²) in [5, 5.41) is 3.99. The zero-order valence-electron chi connectivity index (χ0n) is 9.35. The van der Waals surface area contributed by atoms with Crippen LogP contribution in [0.1, 0.15) is 16.2 Å². The second-order valence-corrected chi connectivity index (χ2v) is 4.20. The van der Waals surface area contributed by atoms with E-state index in [4.69, 9.17) is 4.74 Å². The number of ketones is 1. The molecule has 0 amide bonds. The molecule has 5 nitrogen and oxygen atoms in total. The number of aromatic nitrogens is 3. The molecule has 0 atom stereocenters. The molecular formula is C11H10BrN3O2. The maximum absolute atomic E-state index is 12.3. The summed E-state index contributed by atoms with van der Waals surface area (Å²) < 4.78 is 7.22. The summed E-state index contributed by atoms with van der Waals surface area (Å²) in [6.45, 7) is 0. The Morgan fingerprint density at radius 2 is 2.29 bits per heavy atom. The second kappa shape index (κ2) is 4.67. The van der Waals surface area contributed by atoms with Gasteiger partial charge in [0.25, 0.3) is 0 Å². The van der Waals surface area contributed by atoms with Gasteiger partial charge in [-0.15, -0.1) is 0 Å². The van der Waals surface area contributed by atoms with E-state index in [1.54, 1.807) is 25.4 Å². The number of rotatable bonds is 3. The van der Waals surface area contributed by atoms with Crippen LogP contribution in [0.15, 0.2) is 29.0 Å². The molecule has 0 aromatic carbocycles. The molecular weight excluding hydrogens is 286 g/mol. The van der Waals surface area contributed by atoms with Gasteiger partial charge in [0.1, 0.15) is 5.69 Å². The smallest absolute Gasteiger partial charge is 0.234 e. The first-order valence-electron chi connectivity index (χ1n) is 4.86. The maximum atomic E-state index is 12.3. The summed E-state index contributed by atoms with van der Waals surface area (Å²) in [6.07, 6.45) is 3.07. The Kier molecular flexibility index (Phi) is 3.23. The van der Waals surface area contributed by atoms with Crippen LogP contribution >= 0.6 is 15.9 Å². The van der Waals surface area contributed by atoms with Crippen molar-refractivity contribution >= 4 is 21.7 Å². The van der Waals surface area contributed by atoms with Crippen LogP contribution in [0.2, 0.25) is 0 Å². The molecule has 0 radical (unpaired) electrons. The van der Waals surface area contributed by atoms with Crippen molar-refractivity contribution in [3.8, 4) is 5.75 Å². The minimum atomic E-state index is -0.227. The average molecular weight is 296 g/mol. The van der Waals surface area contributed by atoms with E-state index in [0.29, 0.717) is 21.6 Å². The number of pyridine rings is 1. The number of hydrogen-bond donors (Lipinski definition) is 0. The van der Waals surface area contributed by atoms with Gasteiger partial charge in [0, 0.05) is 17.7 Å². The molecule has 0 fully saturated rings. The molecule has 0 saturated heterocycles. The number of halogens is 1. The van der Waals surface area contributed by atoms with Crippen LogP contribution < -0.4 is 4.74 Å². The van der Waals surface area contributed by atoms with E-state index in [1.165, 1.54) is 18.0 Å². The van der Waals surface area contributed by atoms with Crippen LogP contribution in [-0.2, 0) is 7.05 Å². The fourth-order valence-electron chi connectivity index (χ4n) is 1.49. The number of ether oxygens (including phenoxy) is 1. The number of carbonyl (C=O) groups is 1. The predicted octanol–water partition coefficient (Wildman–Crippen LogP) is 1.82. The van der Waals surface area contributed by atoms with E-state index >= 15 is 0 Å². The lowest BCUT2D eigenvalue weighted by atomic mass is 10.2. The molecule has 2 aromatic rings. The molecule has 0 bridgehead atoms. The Morgan fingerprint density at radius 1 is 1.53 bits per heavy atom. The lowest BCUT2D eigenvalue weighted by Gasteiger charge is -2.05. The number of nitrogens with zero attached hydrogens (tertiary/aromatic N) is 3. The third kappa shape index (κ3) is 2.08. The van der Waals surface area contributed by atoms with Crippen molar-refractivity contribution in [3.05, 3.63) is 40.4 Å². The highest BCUT2D eigenvalue weighted by Crippen LogP contribution is 2.23. The number of methoxy groups -OCH3 is 1. The standard InChI is InChI=1S/C11H10BrN3O2/c1-15-10(8(17-2)6-14-15)11(16)9-7(12)4-3-5-13-9/h3-6H,1-2H3. The quantitative estimate of drug-likeness (QED) is 0.811. The summed E-state index contributed by atoms with van der Waals surface area (Å²) >= 11 is 3.30. The minimum absolute atomic E-state index is 0.227. The van der Waals surface area contributed by atoms with E-state index < -0.39 is 0 Å². The van der Waals surface area contributed by atoms with Gasteiger partial charge in [-0.2, -0.15) is 5.10 Å². The molecule has 0 unspecified atom stereocenters. The van der Waals surface area contributed by atoms with E-state index in [0.717, 1.165) is 0 Å². The molecule has 0 saturated carbocycles. The fourth-order valence-corrected chi connectivity index (χ4v) is 1.93. The fraction of sp³-hybridized carbons (Fsp3) is 0.182. The van der Waals surface area contributed by atoms with Gasteiger partial charge in [-0.1, -0.05) is 0 Å². The number of aryl methyl sites for hydroxylation is 1. The van der Waals surface area contributed by atoms with Crippen molar-refractivity contribution in [1.82, 2.24) is 14.8 Å². The first-order valence-corrected chi connectivity index (χ1v) is 5.65. The Hall–Kier alpha value is -1.69. The van der Waals surface area contributed by atoms with Crippen molar-refractivity contribution in [2.75, 3.05) is 7.11 Å². The molecule has 0 spiro atoms. The third-order valence-corrected chi connectivity index (χ3v) is 2.95. The summed E-state index contributed by atoms with van der Waals surface area (Å²) in [6, 6.07) is 3.52.